The van der Waals surface area contributed by atoms with Gasteiger partial charge >= 0.3 is 11.9 Å². The first-order valence-corrected chi connectivity index (χ1v) is 10.1. The highest BCUT2D eigenvalue weighted by atomic mass is 16.4. The predicted octanol–water partition coefficient (Wildman–Crippen LogP) is -0.0957. The number of nitrogens with one attached hydrogen (secondary N) is 4. The highest BCUT2D eigenvalue weighted by Crippen LogP contribution is 2.25. The summed E-state index contributed by atoms with van der Waals surface area (Å²) in [5.74, 6) is -2.59. The van der Waals surface area contributed by atoms with Crippen molar-refractivity contribution in [3.05, 3.63) is 40.2 Å². The van der Waals surface area contributed by atoms with E-state index in [1.54, 1.807) is 19.2 Å². The van der Waals surface area contributed by atoms with Gasteiger partial charge in [0.05, 0.1) is 6.04 Å². The molecule has 14 heteroatoms. The number of amides is 1. The van der Waals surface area contributed by atoms with Gasteiger partial charge in [0.15, 0.2) is 5.82 Å². The largest absolute Gasteiger partial charge is 0.481 e. The molecule has 0 saturated heterocycles. The minimum atomic E-state index is -1.30. The molecule has 1 aromatic carbocycles. The Morgan fingerprint density at radius 1 is 1.26 bits per heavy atom. The Hall–Kier alpha value is -4.33. The molecule has 2 aromatic rings. The molecule has 2 unspecified atom stereocenters. The van der Waals surface area contributed by atoms with Crippen LogP contribution in [0.1, 0.15) is 23.2 Å². The van der Waals surface area contributed by atoms with Crippen LogP contribution in [0.3, 0.4) is 0 Å². The lowest BCUT2D eigenvalue weighted by atomic mass is 10.1. The van der Waals surface area contributed by atoms with Crippen LogP contribution in [-0.4, -0.2) is 70.2 Å². The first-order valence-electron chi connectivity index (χ1n) is 10.1. The molecule has 3 rings (SSSR count). The average Bonchev–Trinajstić information content (AvgIpc) is 2.75. The number of carbonyl (C=O) groups excluding carboxylic acids is 1. The van der Waals surface area contributed by atoms with Gasteiger partial charge in [0.2, 0.25) is 5.95 Å². The molecule has 2 heterocycles. The second-order valence-corrected chi connectivity index (χ2v) is 7.55. The number of likely N-dealkylation sites (N-methyl/N-ethyl adjacent to an activating group) is 1. The number of benzene rings is 1. The smallest absolute Gasteiger partial charge is 0.326 e. The minimum Gasteiger partial charge on any atom is -0.481 e. The van der Waals surface area contributed by atoms with Crippen LogP contribution in [-0.2, 0) is 9.59 Å². The lowest BCUT2D eigenvalue weighted by Crippen LogP contribution is -2.48. The lowest BCUT2D eigenvalue weighted by molar-refractivity contribution is -0.140. The second-order valence-electron chi connectivity index (χ2n) is 7.55. The summed E-state index contributed by atoms with van der Waals surface area (Å²) < 4.78 is 0. The number of carbonyl (C=O) groups is 3. The Morgan fingerprint density at radius 3 is 2.56 bits per heavy atom. The molecular weight excluding hydrogens is 448 g/mol. The third kappa shape index (κ3) is 6.13. The third-order valence-electron chi connectivity index (χ3n) is 5.26. The summed E-state index contributed by atoms with van der Waals surface area (Å²) in [4.78, 5) is 54.9. The number of carboxylic acid groups (broad SMARTS) is 2. The standard InChI is InChI=1S/C20H25N7O6.H3N/c1-27-12(9-23-16-15(27)18(31)26-20(21)25-16)8-22-11-4-2-10(3-5-11)17(30)24-13(19(32)33)6-7-14(28)29;/h2-5,12-13,22H,6-9H2,1H3,(H,24,30)(H,28,29)(H,32,33)(H4,21,23,25,26,31);1H3. The zero-order valence-electron chi connectivity index (χ0n) is 18.5. The van der Waals surface area contributed by atoms with Crippen LogP contribution in [0.2, 0.25) is 0 Å². The summed E-state index contributed by atoms with van der Waals surface area (Å²) >= 11 is 0. The van der Waals surface area contributed by atoms with Crippen molar-refractivity contribution < 1.29 is 24.6 Å². The molecule has 1 aliphatic rings. The van der Waals surface area contributed by atoms with Crippen LogP contribution in [0.25, 0.3) is 0 Å². The molecule has 0 aliphatic carbocycles. The van der Waals surface area contributed by atoms with Crippen molar-refractivity contribution >= 4 is 41.0 Å². The number of aliphatic carboxylic acids is 2. The molecule has 0 bridgehead atoms. The molecule has 1 aromatic heterocycles. The molecule has 0 radical (unpaired) electrons. The number of H-pyrrole nitrogens is 1. The summed E-state index contributed by atoms with van der Waals surface area (Å²) in [5.41, 5.74) is 6.59. The van der Waals surface area contributed by atoms with Crippen LogP contribution in [0.4, 0.5) is 23.1 Å². The SMILES string of the molecule is CN1c2c(nc(N)[nH]c2=O)NCC1CNc1ccc(C(=O)NC(CCC(=O)O)C(=O)O)cc1.N. The number of rotatable bonds is 9. The Morgan fingerprint density at radius 2 is 1.94 bits per heavy atom. The molecule has 184 valence electrons. The maximum Gasteiger partial charge on any atom is 0.326 e. The summed E-state index contributed by atoms with van der Waals surface area (Å²) in [6.07, 6.45) is -0.586. The number of hydrogen-bond acceptors (Lipinski definition) is 10. The van der Waals surface area contributed by atoms with Crippen LogP contribution in [0.15, 0.2) is 29.1 Å². The third-order valence-corrected chi connectivity index (χ3v) is 5.26. The Bertz CT molecular complexity index is 1100. The fourth-order valence-corrected chi connectivity index (χ4v) is 3.42. The molecule has 0 saturated carbocycles. The van der Waals surface area contributed by atoms with Gasteiger partial charge in [0.1, 0.15) is 11.7 Å². The summed E-state index contributed by atoms with van der Waals surface area (Å²) in [5, 5.41) is 26.6. The van der Waals surface area contributed by atoms with Crippen molar-refractivity contribution in [3.8, 4) is 0 Å². The Labute approximate surface area is 194 Å². The molecule has 34 heavy (non-hydrogen) atoms. The van der Waals surface area contributed by atoms with E-state index in [1.807, 2.05) is 4.90 Å². The van der Waals surface area contributed by atoms with Crippen LogP contribution >= 0.6 is 0 Å². The Kier molecular flexibility index (Phi) is 8.39. The number of nitrogens with two attached hydrogens (primary N) is 1. The first kappa shape index (κ1) is 25.9. The monoisotopic (exact) mass is 476 g/mol. The number of aromatic amines is 1. The van der Waals surface area contributed by atoms with Crippen LogP contribution in [0, 0.1) is 0 Å². The van der Waals surface area contributed by atoms with E-state index in [0.717, 1.165) is 5.69 Å². The highest BCUT2D eigenvalue weighted by molar-refractivity contribution is 5.96. The van der Waals surface area contributed by atoms with Crippen molar-refractivity contribution in [1.29, 1.82) is 0 Å². The van der Waals surface area contributed by atoms with Crippen LogP contribution in [0.5, 0.6) is 0 Å². The normalized spacial score (nSPS) is 15.2. The molecule has 1 amide bonds. The van der Waals surface area contributed by atoms with Gasteiger partial charge in [-0.3, -0.25) is 19.4 Å². The topological polar surface area (TPSA) is 238 Å². The first-order chi connectivity index (χ1) is 15.7. The molecule has 0 spiro atoms. The van der Waals surface area contributed by atoms with Crippen molar-refractivity contribution in [1.82, 2.24) is 21.4 Å². The molecule has 14 nitrogen and oxygen atoms in total. The van der Waals surface area contributed by atoms with E-state index in [0.29, 0.717) is 24.6 Å². The summed E-state index contributed by atoms with van der Waals surface area (Å²) in [6.45, 7) is 1.01. The predicted molar refractivity (Wildman–Crippen MR) is 126 cm³/mol. The van der Waals surface area contributed by atoms with Crippen molar-refractivity contribution in [2.75, 3.05) is 41.4 Å². The van der Waals surface area contributed by atoms with Gasteiger partial charge in [-0.05, 0) is 30.7 Å². The Balaban J connectivity index is 0.00000408. The van der Waals surface area contributed by atoms with Gasteiger partial charge in [0, 0.05) is 37.8 Å². The highest BCUT2D eigenvalue weighted by Gasteiger charge is 2.27. The van der Waals surface area contributed by atoms with Crippen molar-refractivity contribution in [2.24, 2.45) is 0 Å². The number of nitrogens with zero attached hydrogens (tertiary/aromatic N) is 2. The molecule has 0 fully saturated rings. The number of hydrogen-bond donors (Lipinski definition) is 8. The quantitative estimate of drug-likeness (QED) is 0.237. The van der Waals surface area contributed by atoms with E-state index in [-0.39, 0.29) is 42.1 Å². The minimum absolute atomic E-state index is 0. The maximum atomic E-state index is 12.3. The van der Waals surface area contributed by atoms with Crippen LogP contribution < -0.4 is 38.3 Å². The number of carboxylic acids is 2. The van der Waals surface area contributed by atoms with Gasteiger partial charge in [-0.25, -0.2) is 4.79 Å². The molecule has 2 atom stereocenters. The maximum absolute atomic E-state index is 12.3. The zero-order valence-corrected chi connectivity index (χ0v) is 18.5. The van der Waals surface area contributed by atoms with Crippen molar-refractivity contribution in [2.45, 2.75) is 24.9 Å². The molecule has 11 N–H and O–H groups in total. The van der Waals surface area contributed by atoms with Gasteiger partial charge in [0.25, 0.3) is 11.5 Å². The molecule has 1 aliphatic heterocycles. The number of aromatic nitrogens is 2. The van der Waals surface area contributed by atoms with Crippen molar-refractivity contribution in [3.63, 3.8) is 0 Å². The second kappa shape index (κ2) is 11.0. The van der Waals surface area contributed by atoms with E-state index in [2.05, 4.69) is 25.9 Å². The van der Waals surface area contributed by atoms with E-state index in [4.69, 9.17) is 10.8 Å². The van der Waals surface area contributed by atoms with E-state index in [1.165, 1.54) is 12.1 Å². The fourth-order valence-electron chi connectivity index (χ4n) is 3.42. The summed E-state index contributed by atoms with van der Waals surface area (Å²) in [6, 6.07) is 5.03. The lowest BCUT2D eigenvalue weighted by Gasteiger charge is -2.35. The molecular formula is C20H28N8O6. The number of anilines is 4. The fraction of sp³-hybridized carbons (Fsp3) is 0.350. The number of nitrogen functional groups attached to an aromatic ring is 1. The zero-order chi connectivity index (χ0) is 24.1. The van der Waals surface area contributed by atoms with Gasteiger partial charge in [-0.1, -0.05) is 0 Å². The van der Waals surface area contributed by atoms with Gasteiger partial charge < -0.3 is 42.9 Å². The van der Waals surface area contributed by atoms with E-state index >= 15 is 0 Å². The summed E-state index contributed by atoms with van der Waals surface area (Å²) in [7, 11) is 1.79. The average molecular weight is 476 g/mol. The van der Waals surface area contributed by atoms with E-state index in [9.17, 15) is 24.3 Å². The van der Waals surface area contributed by atoms with Gasteiger partial charge in [-0.2, -0.15) is 4.98 Å². The van der Waals surface area contributed by atoms with E-state index < -0.39 is 23.9 Å². The van der Waals surface area contributed by atoms with Gasteiger partial charge in [-0.15, -0.1) is 0 Å². The number of fused-ring (bicyclic) bond motifs is 1.